The average molecular weight is 167 g/mol. The van der Waals surface area contributed by atoms with Crippen LogP contribution in [-0.2, 0) is 0 Å². The molecule has 0 fully saturated rings. The highest BCUT2D eigenvalue weighted by atomic mass is 14.4. The molecule has 0 saturated heterocycles. The summed E-state index contributed by atoms with van der Waals surface area (Å²) in [5.74, 6) is 0. The SMILES string of the molecule is C=CC(=N)CCCCCCCC. The third-order valence-corrected chi connectivity index (χ3v) is 2.05. The Morgan fingerprint density at radius 2 is 1.75 bits per heavy atom. The molecule has 0 heterocycles. The molecule has 0 aliphatic rings. The summed E-state index contributed by atoms with van der Waals surface area (Å²) in [6.45, 7) is 5.79. The van der Waals surface area contributed by atoms with Crippen molar-refractivity contribution in [2.45, 2.75) is 51.9 Å². The Kier molecular flexibility index (Phi) is 8.09. The summed E-state index contributed by atoms with van der Waals surface area (Å²) in [6, 6.07) is 0. The predicted octanol–water partition coefficient (Wildman–Crippen LogP) is 3.94. The minimum absolute atomic E-state index is 0.686. The molecule has 0 aliphatic heterocycles. The molecule has 0 atom stereocenters. The molecule has 1 N–H and O–H groups in total. The molecule has 0 radical (unpaired) electrons. The third-order valence-electron chi connectivity index (χ3n) is 2.05. The largest absolute Gasteiger partial charge is 0.305 e. The summed E-state index contributed by atoms with van der Waals surface area (Å²) in [7, 11) is 0. The number of hydrogen-bond donors (Lipinski definition) is 1. The zero-order valence-electron chi connectivity index (χ0n) is 8.23. The number of hydrogen-bond acceptors (Lipinski definition) is 1. The van der Waals surface area contributed by atoms with Crippen molar-refractivity contribution < 1.29 is 0 Å². The molecule has 0 aromatic heterocycles. The van der Waals surface area contributed by atoms with E-state index in [1.807, 2.05) is 0 Å². The van der Waals surface area contributed by atoms with Gasteiger partial charge in [-0.25, -0.2) is 0 Å². The Labute approximate surface area is 76.4 Å². The minimum Gasteiger partial charge on any atom is -0.305 e. The van der Waals surface area contributed by atoms with E-state index in [0.717, 1.165) is 12.8 Å². The number of rotatable bonds is 8. The molecule has 0 spiro atoms. The second kappa shape index (κ2) is 8.51. The van der Waals surface area contributed by atoms with Gasteiger partial charge in [0, 0.05) is 5.71 Å². The molecular weight excluding hydrogens is 146 g/mol. The van der Waals surface area contributed by atoms with Gasteiger partial charge in [0.1, 0.15) is 0 Å². The summed E-state index contributed by atoms with van der Waals surface area (Å²) in [5, 5.41) is 7.34. The van der Waals surface area contributed by atoms with Crippen molar-refractivity contribution in [2.75, 3.05) is 0 Å². The van der Waals surface area contributed by atoms with E-state index in [1.165, 1.54) is 32.1 Å². The normalized spacial score (nSPS) is 9.75. The van der Waals surface area contributed by atoms with Crippen molar-refractivity contribution >= 4 is 5.71 Å². The highest BCUT2D eigenvalue weighted by Gasteiger charge is 1.92. The molecule has 0 aromatic rings. The Hall–Kier alpha value is -0.590. The maximum Gasteiger partial charge on any atom is 0.0308 e. The molecule has 0 bridgehead atoms. The Morgan fingerprint density at radius 3 is 2.33 bits per heavy atom. The molecule has 0 aromatic carbocycles. The second-order valence-corrected chi connectivity index (χ2v) is 3.25. The molecule has 1 heteroatoms. The van der Waals surface area contributed by atoms with Crippen LogP contribution in [0.1, 0.15) is 51.9 Å². The summed E-state index contributed by atoms with van der Waals surface area (Å²) >= 11 is 0. The molecule has 70 valence electrons. The summed E-state index contributed by atoms with van der Waals surface area (Å²) in [5.41, 5.74) is 0.686. The van der Waals surface area contributed by atoms with Crippen molar-refractivity contribution in [3.05, 3.63) is 12.7 Å². The van der Waals surface area contributed by atoms with Crippen LogP contribution in [0.3, 0.4) is 0 Å². The van der Waals surface area contributed by atoms with Gasteiger partial charge in [0.2, 0.25) is 0 Å². The van der Waals surface area contributed by atoms with E-state index >= 15 is 0 Å². The number of nitrogens with one attached hydrogen (secondary N) is 1. The van der Waals surface area contributed by atoms with Crippen LogP contribution in [0.2, 0.25) is 0 Å². The Bertz CT molecular complexity index is 127. The lowest BCUT2D eigenvalue weighted by atomic mass is 10.1. The van der Waals surface area contributed by atoms with E-state index in [1.54, 1.807) is 6.08 Å². The topological polar surface area (TPSA) is 23.9 Å². The van der Waals surface area contributed by atoms with Gasteiger partial charge in [-0.15, -0.1) is 0 Å². The Morgan fingerprint density at radius 1 is 1.17 bits per heavy atom. The lowest BCUT2D eigenvalue weighted by Gasteiger charge is -1.99. The summed E-state index contributed by atoms with van der Waals surface area (Å²) < 4.78 is 0. The second-order valence-electron chi connectivity index (χ2n) is 3.25. The van der Waals surface area contributed by atoms with Crippen LogP contribution in [0.4, 0.5) is 0 Å². The van der Waals surface area contributed by atoms with E-state index < -0.39 is 0 Å². The molecule has 0 unspecified atom stereocenters. The van der Waals surface area contributed by atoms with Crippen molar-refractivity contribution in [3.8, 4) is 0 Å². The molecular formula is C11H21N. The van der Waals surface area contributed by atoms with Crippen LogP contribution in [0.15, 0.2) is 12.7 Å². The van der Waals surface area contributed by atoms with E-state index in [4.69, 9.17) is 5.41 Å². The molecule has 0 rings (SSSR count). The fraction of sp³-hybridized carbons (Fsp3) is 0.727. The van der Waals surface area contributed by atoms with Gasteiger partial charge in [-0.05, 0) is 18.9 Å². The van der Waals surface area contributed by atoms with E-state index in [0.29, 0.717) is 5.71 Å². The van der Waals surface area contributed by atoms with Crippen molar-refractivity contribution in [3.63, 3.8) is 0 Å². The standard InChI is InChI=1S/C11H21N/c1-3-5-6-7-8-9-10-11(12)4-2/h4,12H,2-3,5-10H2,1H3. The van der Waals surface area contributed by atoms with Gasteiger partial charge >= 0.3 is 0 Å². The van der Waals surface area contributed by atoms with E-state index in [2.05, 4.69) is 13.5 Å². The maximum absolute atomic E-state index is 7.34. The van der Waals surface area contributed by atoms with Crippen LogP contribution < -0.4 is 0 Å². The van der Waals surface area contributed by atoms with E-state index in [-0.39, 0.29) is 0 Å². The third kappa shape index (κ3) is 7.52. The summed E-state index contributed by atoms with van der Waals surface area (Å²) in [6.07, 6.45) is 10.4. The van der Waals surface area contributed by atoms with Gasteiger partial charge in [0.05, 0.1) is 0 Å². The molecule has 0 aliphatic carbocycles. The van der Waals surface area contributed by atoms with E-state index in [9.17, 15) is 0 Å². The van der Waals surface area contributed by atoms with Gasteiger partial charge in [-0.2, -0.15) is 0 Å². The highest BCUT2D eigenvalue weighted by molar-refractivity contribution is 5.91. The van der Waals surface area contributed by atoms with Gasteiger partial charge in [-0.3, -0.25) is 0 Å². The van der Waals surface area contributed by atoms with Crippen LogP contribution in [-0.4, -0.2) is 5.71 Å². The number of allylic oxidation sites excluding steroid dienone is 1. The zero-order chi connectivity index (χ0) is 9.23. The van der Waals surface area contributed by atoms with Gasteiger partial charge in [0.25, 0.3) is 0 Å². The van der Waals surface area contributed by atoms with Gasteiger partial charge in [-0.1, -0.05) is 45.6 Å². The predicted molar refractivity (Wildman–Crippen MR) is 55.9 cm³/mol. The first-order chi connectivity index (χ1) is 5.81. The van der Waals surface area contributed by atoms with Gasteiger partial charge in [0.15, 0.2) is 0 Å². The fourth-order valence-corrected chi connectivity index (χ4v) is 1.20. The first-order valence-corrected chi connectivity index (χ1v) is 5.01. The van der Waals surface area contributed by atoms with Crippen molar-refractivity contribution in [1.29, 1.82) is 5.41 Å². The quantitative estimate of drug-likeness (QED) is 0.418. The molecule has 1 nitrogen and oxygen atoms in total. The lowest BCUT2D eigenvalue weighted by molar-refractivity contribution is 0.615. The summed E-state index contributed by atoms with van der Waals surface area (Å²) in [4.78, 5) is 0. The van der Waals surface area contributed by atoms with Crippen molar-refractivity contribution in [1.82, 2.24) is 0 Å². The monoisotopic (exact) mass is 167 g/mol. The van der Waals surface area contributed by atoms with Crippen LogP contribution >= 0.6 is 0 Å². The molecule has 0 saturated carbocycles. The fourth-order valence-electron chi connectivity index (χ4n) is 1.20. The van der Waals surface area contributed by atoms with Gasteiger partial charge < -0.3 is 5.41 Å². The average Bonchev–Trinajstić information content (AvgIpc) is 2.10. The molecule has 12 heavy (non-hydrogen) atoms. The first kappa shape index (κ1) is 11.4. The van der Waals surface area contributed by atoms with Crippen LogP contribution in [0.25, 0.3) is 0 Å². The van der Waals surface area contributed by atoms with Crippen molar-refractivity contribution in [2.24, 2.45) is 0 Å². The minimum atomic E-state index is 0.686. The first-order valence-electron chi connectivity index (χ1n) is 5.01. The zero-order valence-corrected chi connectivity index (χ0v) is 8.23. The highest BCUT2D eigenvalue weighted by Crippen LogP contribution is 2.07. The van der Waals surface area contributed by atoms with Crippen LogP contribution in [0, 0.1) is 5.41 Å². The number of unbranched alkanes of at least 4 members (excludes halogenated alkanes) is 5. The molecule has 0 amide bonds. The smallest absolute Gasteiger partial charge is 0.0308 e. The Balaban J connectivity index is 3.00. The lowest BCUT2D eigenvalue weighted by Crippen LogP contribution is -1.89. The van der Waals surface area contributed by atoms with Crippen LogP contribution in [0.5, 0.6) is 0 Å². The maximum atomic E-state index is 7.34.